The maximum absolute atomic E-state index is 11.3. The summed E-state index contributed by atoms with van der Waals surface area (Å²) in [4.78, 5) is 22.4. The van der Waals surface area contributed by atoms with Crippen molar-refractivity contribution in [2.75, 3.05) is 6.61 Å². The third-order valence-electron chi connectivity index (χ3n) is 2.04. The summed E-state index contributed by atoms with van der Waals surface area (Å²) in [6.07, 6.45) is 0.612. The van der Waals surface area contributed by atoms with Crippen LogP contribution in [0.2, 0.25) is 0 Å². The van der Waals surface area contributed by atoms with Crippen LogP contribution in [0, 0.1) is 3.57 Å². The molecule has 1 unspecified atom stereocenters. The molecule has 0 aliphatic heterocycles. The number of carboxylic acids is 1. The highest BCUT2D eigenvalue weighted by Gasteiger charge is 2.22. The summed E-state index contributed by atoms with van der Waals surface area (Å²) in [5.74, 6) is -1.15. The van der Waals surface area contributed by atoms with Crippen LogP contribution in [0.3, 0.4) is 0 Å². The zero-order chi connectivity index (χ0) is 13.5. The van der Waals surface area contributed by atoms with Gasteiger partial charge in [0.05, 0.1) is 0 Å². The first kappa shape index (κ1) is 14.5. The van der Waals surface area contributed by atoms with Gasteiger partial charge in [0.2, 0.25) is 0 Å². The van der Waals surface area contributed by atoms with Crippen LogP contribution in [0.4, 0.5) is 4.79 Å². The summed E-state index contributed by atoms with van der Waals surface area (Å²) in [6, 6.07) is 5.70. The van der Waals surface area contributed by atoms with E-state index in [9.17, 15) is 9.59 Å². The average Bonchev–Trinajstić information content (AvgIpc) is 2.34. The Morgan fingerprint density at radius 1 is 1.44 bits per heavy atom. The number of hydrogen-bond acceptors (Lipinski definition) is 3. The maximum Gasteiger partial charge on any atom is 0.408 e. The van der Waals surface area contributed by atoms with Gasteiger partial charge in [-0.3, -0.25) is 0 Å². The summed E-state index contributed by atoms with van der Waals surface area (Å²) >= 11 is 2.11. The molecule has 6 heteroatoms. The number of ether oxygens (including phenoxy) is 1. The van der Waals surface area contributed by atoms with Crippen molar-refractivity contribution in [3.05, 3.63) is 46.1 Å². The van der Waals surface area contributed by atoms with E-state index < -0.39 is 18.1 Å². The van der Waals surface area contributed by atoms with Gasteiger partial charge in [-0.2, -0.15) is 0 Å². The van der Waals surface area contributed by atoms with Crippen molar-refractivity contribution in [2.24, 2.45) is 0 Å². The van der Waals surface area contributed by atoms with Crippen molar-refractivity contribution in [2.45, 2.75) is 6.04 Å². The molecule has 0 bridgehead atoms. The molecule has 0 aliphatic rings. The van der Waals surface area contributed by atoms with E-state index in [1.54, 1.807) is 24.3 Å². The minimum atomic E-state index is -1.15. The van der Waals surface area contributed by atoms with Gasteiger partial charge in [-0.25, -0.2) is 9.59 Å². The van der Waals surface area contributed by atoms with Crippen molar-refractivity contribution in [3.63, 3.8) is 0 Å². The number of aliphatic carboxylic acids is 1. The second kappa shape index (κ2) is 7.00. The molecule has 1 aromatic rings. The fourth-order valence-corrected chi connectivity index (χ4v) is 1.60. The van der Waals surface area contributed by atoms with Crippen LogP contribution in [0.25, 0.3) is 0 Å². The number of amides is 1. The van der Waals surface area contributed by atoms with E-state index in [0.717, 1.165) is 3.57 Å². The standard InChI is InChI=1S/C12H12INO4/c1-2-7-18-12(17)14-10(11(15)16)8-3-5-9(13)6-4-8/h2-6,10H,1,7H2,(H,14,17)(H,15,16). The largest absolute Gasteiger partial charge is 0.479 e. The lowest BCUT2D eigenvalue weighted by Crippen LogP contribution is -2.34. The molecule has 0 spiro atoms. The molecule has 0 saturated heterocycles. The fourth-order valence-electron chi connectivity index (χ4n) is 1.24. The molecular weight excluding hydrogens is 349 g/mol. The van der Waals surface area contributed by atoms with Gasteiger partial charge in [0.15, 0.2) is 6.04 Å². The van der Waals surface area contributed by atoms with E-state index in [1.807, 2.05) is 0 Å². The van der Waals surface area contributed by atoms with Crippen LogP contribution in [-0.2, 0) is 9.53 Å². The molecule has 0 aromatic heterocycles. The molecule has 0 aliphatic carbocycles. The summed E-state index contributed by atoms with van der Waals surface area (Å²) in [5, 5.41) is 11.4. The Labute approximate surface area is 118 Å². The Bertz CT molecular complexity index is 444. The first-order valence-corrected chi connectivity index (χ1v) is 6.15. The topological polar surface area (TPSA) is 75.6 Å². The summed E-state index contributed by atoms with van der Waals surface area (Å²) < 4.78 is 5.67. The molecule has 0 saturated carbocycles. The molecule has 0 radical (unpaired) electrons. The number of alkyl carbamates (subject to hydrolysis) is 1. The van der Waals surface area contributed by atoms with Gasteiger partial charge in [0, 0.05) is 3.57 Å². The average molecular weight is 361 g/mol. The van der Waals surface area contributed by atoms with Gasteiger partial charge in [-0.1, -0.05) is 24.8 Å². The van der Waals surface area contributed by atoms with Crippen LogP contribution in [-0.4, -0.2) is 23.8 Å². The molecule has 0 heterocycles. The van der Waals surface area contributed by atoms with Gasteiger partial charge in [0.25, 0.3) is 0 Å². The predicted molar refractivity (Wildman–Crippen MR) is 74.2 cm³/mol. The summed E-state index contributed by atoms with van der Waals surface area (Å²) in [5.41, 5.74) is 0.485. The lowest BCUT2D eigenvalue weighted by atomic mass is 10.1. The van der Waals surface area contributed by atoms with Crippen LogP contribution < -0.4 is 5.32 Å². The first-order valence-electron chi connectivity index (χ1n) is 5.07. The highest BCUT2D eigenvalue weighted by molar-refractivity contribution is 14.1. The number of carbonyl (C=O) groups is 2. The Balaban J connectivity index is 2.77. The molecule has 1 amide bonds. The molecule has 0 fully saturated rings. The highest BCUT2D eigenvalue weighted by atomic mass is 127. The molecule has 96 valence electrons. The molecule has 2 N–H and O–H groups in total. The Morgan fingerprint density at radius 3 is 2.56 bits per heavy atom. The second-order valence-electron chi connectivity index (χ2n) is 3.35. The van der Waals surface area contributed by atoms with E-state index in [-0.39, 0.29) is 6.61 Å². The lowest BCUT2D eigenvalue weighted by Gasteiger charge is -2.14. The molecule has 5 nitrogen and oxygen atoms in total. The van der Waals surface area contributed by atoms with Gasteiger partial charge >= 0.3 is 12.1 Å². The van der Waals surface area contributed by atoms with Crippen molar-refractivity contribution in [1.82, 2.24) is 5.32 Å². The van der Waals surface area contributed by atoms with Gasteiger partial charge in [-0.15, -0.1) is 0 Å². The Morgan fingerprint density at radius 2 is 2.06 bits per heavy atom. The first-order chi connectivity index (χ1) is 8.54. The van der Waals surface area contributed by atoms with E-state index in [4.69, 9.17) is 5.11 Å². The predicted octanol–water partition coefficient (Wildman–Crippen LogP) is 2.33. The zero-order valence-corrected chi connectivity index (χ0v) is 11.6. The second-order valence-corrected chi connectivity index (χ2v) is 4.60. The van der Waals surface area contributed by atoms with E-state index in [0.29, 0.717) is 5.56 Å². The number of carboxylic acid groups (broad SMARTS) is 1. The molecule has 1 aromatic carbocycles. The summed E-state index contributed by atoms with van der Waals surface area (Å²) in [6.45, 7) is 3.43. The van der Waals surface area contributed by atoms with Crippen molar-refractivity contribution >= 4 is 34.7 Å². The number of carbonyl (C=O) groups excluding carboxylic acids is 1. The zero-order valence-electron chi connectivity index (χ0n) is 9.43. The number of halogens is 1. The number of hydrogen-bond donors (Lipinski definition) is 2. The van der Waals surface area contributed by atoms with Crippen molar-refractivity contribution in [3.8, 4) is 0 Å². The Hall–Kier alpha value is -1.57. The minimum Gasteiger partial charge on any atom is -0.479 e. The molecular formula is C12H12INO4. The van der Waals surface area contributed by atoms with E-state index >= 15 is 0 Å². The normalized spacial score (nSPS) is 11.4. The SMILES string of the molecule is C=CCOC(=O)NC(C(=O)O)c1ccc(I)cc1. The van der Waals surface area contributed by atoms with Crippen LogP contribution in [0.1, 0.15) is 11.6 Å². The van der Waals surface area contributed by atoms with Gasteiger partial charge in [0.1, 0.15) is 6.61 Å². The third kappa shape index (κ3) is 4.36. The molecule has 1 rings (SSSR count). The highest BCUT2D eigenvalue weighted by Crippen LogP contribution is 2.15. The Kier molecular flexibility index (Phi) is 5.63. The smallest absolute Gasteiger partial charge is 0.408 e. The van der Waals surface area contributed by atoms with Crippen molar-refractivity contribution in [1.29, 1.82) is 0 Å². The van der Waals surface area contributed by atoms with E-state index in [2.05, 4.69) is 39.2 Å². The molecule has 1 atom stereocenters. The monoisotopic (exact) mass is 361 g/mol. The quantitative estimate of drug-likeness (QED) is 0.624. The van der Waals surface area contributed by atoms with Gasteiger partial charge < -0.3 is 15.2 Å². The van der Waals surface area contributed by atoms with Crippen molar-refractivity contribution < 1.29 is 19.4 Å². The fraction of sp³-hybridized carbons (Fsp3) is 0.167. The van der Waals surface area contributed by atoms with Crippen LogP contribution in [0.5, 0.6) is 0 Å². The van der Waals surface area contributed by atoms with Gasteiger partial charge in [-0.05, 0) is 40.3 Å². The van der Waals surface area contributed by atoms with E-state index in [1.165, 1.54) is 6.08 Å². The van der Waals surface area contributed by atoms with Crippen LogP contribution >= 0.6 is 22.6 Å². The van der Waals surface area contributed by atoms with Crippen LogP contribution in [0.15, 0.2) is 36.9 Å². The lowest BCUT2D eigenvalue weighted by molar-refractivity contribution is -0.139. The molecule has 18 heavy (non-hydrogen) atoms. The minimum absolute atomic E-state index is 0.0326. The summed E-state index contributed by atoms with van der Waals surface area (Å²) in [7, 11) is 0. The number of rotatable bonds is 5. The number of benzene rings is 1. The third-order valence-corrected chi connectivity index (χ3v) is 2.76. The maximum atomic E-state index is 11.3. The number of nitrogens with one attached hydrogen (secondary N) is 1.